The number of rotatable bonds is 3. The summed E-state index contributed by atoms with van der Waals surface area (Å²) in [7, 11) is 0. The molecular weight excluding hydrogens is 220 g/mol. The third kappa shape index (κ3) is 2.46. The average molecular weight is 236 g/mol. The molecule has 2 amide bonds. The number of anilines is 1. The van der Waals surface area contributed by atoms with Gasteiger partial charge < -0.3 is 5.73 Å². The molecule has 1 aromatic heterocycles. The Kier molecular flexibility index (Phi) is 3.12. The Morgan fingerprint density at radius 3 is 2.88 bits per heavy atom. The molecule has 0 aromatic carbocycles. The highest BCUT2D eigenvalue weighted by atomic mass is 16.2. The lowest BCUT2D eigenvalue weighted by Gasteiger charge is -2.27. The topological polar surface area (TPSA) is 81.2 Å². The molecule has 0 fully saturated rings. The first-order valence-corrected chi connectivity index (χ1v) is 5.71. The molecule has 0 unspecified atom stereocenters. The highest BCUT2D eigenvalue weighted by Crippen LogP contribution is 2.22. The van der Waals surface area contributed by atoms with Crippen molar-refractivity contribution in [3.05, 3.63) is 11.8 Å². The van der Waals surface area contributed by atoms with Crippen LogP contribution in [0.15, 0.2) is 6.07 Å². The van der Waals surface area contributed by atoms with Crippen molar-refractivity contribution in [2.75, 3.05) is 11.4 Å². The second kappa shape index (κ2) is 4.57. The summed E-state index contributed by atoms with van der Waals surface area (Å²) in [5, 5.41) is 4.31. The number of hydrogen-bond acceptors (Lipinski definition) is 3. The van der Waals surface area contributed by atoms with Crippen LogP contribution in [0.3, 0.4) is 0 Å². The van der Waals surface area contributed by atoms with Crippen molar-refractivity contribution in [2.45, 2.75) is 32.7 Å². The van der Waals surface area contributed by atoms with E-state index in [0.29, 0.717) is 6.54 Å². The summed E-state index contributed by atoms with van der Waals surface area (Å²) >= 11 is 0. The number of hydrogen-bond donors (Lipinski definition) is 1. The molecule has 92 valence electrons. The first kappa shape index (κ1) is 11.6. The maximum absolute atomic E-state index is 12.0. The Labute approximate surface area is 99.4 Å². The van der Waals surface area contributed by atoms with Gasteiger partial charge >= 0.3 is 0 Å². The minimum absolute atomic E-state index is 0.0651. The summed E-state index contributed by atoms with van der Waals surface area (Å²) in [6, 6.07) is 1.89. The van der Waals surface area contributed by atoms with Crippen LogP contribution in [0.5, 0.6) is 0 Å². The third-order valence-electron chi connectivity index (χ3n) is 2.80. The molecule has 0 bridgehead atoms. The summed E-state index contributed by atoms with van der Waals surface area (Å²) in [4.78, 5) is 24.3. The van der Waals surface area contributed by atoms with Crippen LogP contribution < -0.4 is 10.6 Å². The Morgan fingerprint density at radius 1 is 1.41 bits per heavy atom. The van der Waals surface area contributed by atoms with Crippen LogP contribution in [0, 0.1) is 6.92 Å². The van der Waals surface area contributed by atoms with Crippen molar-refractivity contribution in [1.29, 1.82) is 0 Å². The molecule has 1 aliphatic heterocycles. The van der Waals surface area contributed by atoms with Crippen LogP contribution in [-0.4, -0.2) is 28.1 Å². The molecule has 17 heavy (non-hydrogen) atoms. The standard InChI is InChI=1S/C11H16N4O2/c1-8-7-10-14(5-2-6-15(10)13-8)11(17)4-3-9(12)16/h7H,2-6H2,1H3,(H2,12,16). The number of carbonyl (C=O) groups is 2. The quantitative estimate of drug-likeness (QED) is 0.813. The lowest BCUT2D eigenvalue weighted by atomic mass is 10.2. The van der Waals surface area contributed by atoms with Gasteiger partial charge in [-0.1, -0.05) is 0 Å². The van der Waals surface area contributed by atoms with Crippen LogP contribution in [0.2, 0.25) is 0 Å². The van der Waals surface area contributed by atoms with Crippen LogP contribution in [-0.2, 0) is 16.1 Å². The van der Waals surface area contributed by atoms with Crippen molar-refractivity contribution in [1.82, 2.24) is 9.78 Å². The summed E-state index contributed by atoms with van der Waals surface area (Å²) in [6.45, 7) is 3.42. The van der Waals surface area contributed by atoms with E-state index >= 15 is 0 Å². The zero-order valence-electron chi connectivity index (χ0n) is 9.85. The number of nitrogens with two attached hydrogens (primary N) is 1. The Hall–Kier alpha value is -1.85. The van der Waals surface area contributed by atoms with Gasteiger partial charge in [0.25, 0.3) is 0 Å². The Morgan fingerprint density at radius 2 is 2.18 bits per heavy atom. The number of amides is 2. The van der Waals surface area contributed by atoms with Gasteiger partial charge in [0.1, 0.15) is 5.82 Å². The fourth-order valence-corrected chi connectivity index (χ4v) is 2.02. The maximum atomic E-state index is 12.0. The number of nitrogens with zero attached hydrogens (tertiary/aromatic N) is 3. The summed E-state index contributed by atoms with van der Waals surface area (Å²) in [6.07, 6.45) is 1.15. The maximum Gasteiger partial charge on any atom is 0.228 e. The molecule has 2 N–H and O–H groups in total. The van der Waals surface area contributed by atoms with Gasteiger partial charge in [0, 0.05) is 32.0 Å². The smallest absolute Gasteiger partial charge is 0.228 e. The molecule has 0 spiro atoms. The van der Waals surface area contributed by atoms with E-state index in [1.807, 2.05) is 17.7 Å². The average Bonchev–Trinajstić information content (AvgIpc) is 2.65. The fraction of sp³-hybridized carbons (Fsp3) is 0.545. The van der Waals surface area contributed by atoms with Crippen molar-refractivity contribution in [3.8, 4) is 0 Å². The van der Waals surface area contributed by atoms with E-state index in [1.165, 1.54) is 0 Å². The predicted molar refractivity (Wildman–Crippen MR) is 62.4 cm³/mol. The first-order valence-electron chi connectivity index (χ1n) is 5.71. The van der Waals surface area contributed by atoms with Gasteiger partial charge in [-0.05, 0) is 13.3 Å². The van der Waals surface area contributed by atoms with Crippen molar-refractivity contribution < 1.29 is 9.59 Å². The predicted octanol–water partition coefficient (Wildman–Crippen LogP) is 0.194. The van der Waals surface area contributed by atoms with E-state index in [-0.39, 0.29) is 18.7 Å². The Bertz CT molecular complexity index is 452. The normalized spacial score (nSPS) is 14.5. The summed E-state index contributed by atoms with van der Waals surface area (Å²) in [5.41, 5.74) is 5.94. The minimum atomic E-state index is -0.444. The molecule has 1 aliphatic rings. The monoisotopic (exact) mass is 236 g/mol. The van der Waals surface area contributed by atoms with Crippen molar-refractivity contribution in [2.24, 2.45) is 5.73 Å². The summed E-state index contributed by atoms with van der Waals surface area (Å²) in [5.74, 6) is 0.313. The number of carbonyl (C=O) groups excluding carboxylic acids is 2. The van der Waals surface area contributed by atoms with E-state index in [1.54, 1.807) is 4.90 Å². The highest BCUT2D eigenvalue weighted by Gasteiger charge is 2.23. The van der Waals surface area contributed by atoms with Gasteiger partial charge in [-0.3, -0.25) is 14.5 Å². The van der Waals surface area contributed by atoms with Crippen LogP contribution >= 0.6 is 0 Å². The minimum Gasteiger partial charge on any atom is -0.370 e. The Balaban J connectivity index is 2.12. The van der Waals surface area contributed by atoms with Gasteiger partial charge in [0.05, 0.1) is 5.69 Å². The molecule has 0 atom stereocenters. The molecule has 1 aromatic rings. The van der Waals surface area contributed by atoms with E-state index in [2.05, 4.69) is 5.10 Å². The molecule has 6 heteroatoms. The number of primary amides is 1. The van der Waals surface area contributed by atoms with E-state index in [9.17, 15) is 9.59 Å². The van der Waals surface area contributed by atoms with Crippen LogP contribution in [0.25, 0.3) is 0 Å². The fourth-order valence-electron chi connectivity index (χ4n) is 2.02. The van der Waals surface area contributed by atoms with E-state index in [0.717, 1.165) is 24.5 Å². The van der Waals surface area contributed by atoms with Crippen LogP contribution in [0.1, 0.15) is 25.0 Å². The third-order valence-corrected chi connectivity index (χ3v) is 2.80. The SMILES string of the molecule is Cc1cc2n(n1)CCCN2C(=O)CCC(N)=O. The van der Waals surface area contributed by atoms with E-state index < -0.39 is 5.91 Å². The van der Waals surface area contributed by atoms with Crippen LogP contribution in [0.4, 0.5) is 5.82 Å². The van der Waals surface area contributed by atoms with Crippen molar-refractivity contribution in [3.63, 3.8) is 0 Å². The lowest BCUT2D eigenvalue weighted by molar-refractivity contribution is -0.123. The zero-order chi connectivity index (χ0) is 12.4. The molecule has 6 nitrogen and oxygen atoms in total. The van der Waals surface area contributed by atoms with Gasteiger partial charge in [0.2, 0.25) is 11.8 Å². The molecule has 0 saturated carbocycles. The van der Waals surface area contributed by atoms with Gasteiger partial charge in [-0.25, -0.2) is 4.68 Å². The van der Waals surface area contributed by atoms with Gasteiger partial charge in [-0.15, -0.1) is 0 Å². The van der Waals surface area contributed by atoms with Crippen molar-refractivity contribution >= 4 is 17.6 Å². The molecule has 2 heterocycles. The molecule has 2 rings (SSSR count). The summed E-state index contributed by atoms with van der Waals surface area (Å²) < 4.78 is 1.83. The van der Waals surface area contributed by atoms with Gasteiger partial charge in [0.15, 0.2) is 0 Å². The molecule has 0 aliphatic carbocycles. The molecule has 0 radical (unpaired) electrons. The largest absolute Gasteiger partial charge is 0.370 e. The van der Waals surface area contributed by atoms with E-state index in [4.69, 9.17) is 5.73 Å². The second-order valence-corrected chi connectivity index (χ2v) is 4.23. The lowest BCUT2D eigenvalue weighted by Crippen LogP contribution is -2.37. The number of aromatic nitrogens is 2. The second-order valence-electron chi connectivity index (χ2n) is 4.23. The zero-order valence-corrected chi connectivity index (χ0v) is 9.85. The van der Waals surface area contributed by atoms with Gasteiger partial charge in [-0.2, -0.15) is 5.10 Å². The first-order chi connectivity index (χ1) is 8.08. The molecular formula is C11H16N4O2. The number of aryl methyl sites for hydroxylation is 2. The number of fused-ring (bicyclic) bond motifs is 1. The highest BCUT2D eigenvalue weighted by molar-refractivity contribution is 5.94. The molecule has 0 saturated heterocycles.